The normalized spacial score (nSPS) is 11.5. The van der Waals surface area contributed by atoms with Crippen LogP contribution in [0.2, 0.25) is 10.0 Å². The summed E-state index contributed by atoms with van der Waals surface area (Å²) < 4.78 is 2.06. The molecule has 0 aliphatic heterocycles. The van der Waals surface area contributed by atoms with Crippen molar-refractivity contribution >= 4 is 34.8 Å². The van der Waals surface area contributed by atoms with Gasteiger partial charge < -0.3 is 15.6 Å². The topological polar surface area (TPSA) is 72.9 Å². The zero-order valence-corrected chi connectivity index (χ0v) is 26.9. The van der Waals surface area contributed by atoms with Crippen LogP contribution in [0.25, 0.3) is 28.1 Å². The van der Waals surface area contributed by atoms with Gasteiger partial charge in [-0.05, 0) is 83.3 Å². The van der Waals surface area contributed by atoms with E-state index in [0.717, 1.165) is 40.4 Å². The van der Waals surface area contributed by atoms with Gasteiger partial charge in [0.15, 0.2) is 0 Å². The van der Waals surface area contributed by atoms with E-state index in [4.69, 9.17) is 33.9 Å². The Kier molecular flexibility index (Phi) is 9.77. The lowest BCUT2D eigenvalue weighted by Gasteiger charge is -2.17. The summed E-state index contributed by atoms with van der Waals surface area (Å²) in [6.07, 6.45) is 6.08. The number of carbonyl (C=O) groups excluding carboxylic acids is 1. The first-order valence-electron chi connectivity index (χ1n) is 14.9. The fourth-order valence-electron chi connectivity index (χ4n) is 5.28. The fraction of sp³-hybridized carbons (Fsp3) is 0.243. The molecule has 0 aliphatic carbocycles. The third kappa shape index (κ3) is 8.31. The number of hydrogen-bond donors (Lipinski definition) is 2. The first-order valence-corrected chi connectivity index (χ1v) is 15.6. The van der Waals surface area contributed by atoms with Crippen LogP contribution in [0, 0.1) is 5.41 Å². The van der Waals surface area contributed by atoms with Crippen LogP contribution in [0.4, 0.5) is 5.69 Å². The van der Waals surface area contributed by atoms with Gasteiger partial charge in [0.1, 0.15) is 5.82 Å². The summed E-state index contributed by atoms with van der Waals surface area (Å²) in [5.74, 6) is 0.431. The smallest absolute Gasteiger partial charge is 0.236 e. The second-order valence-corrected chi connectivity index (χ2v) is 13.2. The monoisotopic (exact) mass is 624 g/mol. The first-order chi connectivity index (χ1) is 21.0. The number of aromatic nitrogens is 2. The summed E-state index contributed by atoms with van der Waals surface area (Å²) >= 11 is 12.7. The van der Waals surface area contributed by atoms with Gasteiger partial charge in [0, 0.05) is 34.6 Å². The lowest BCUT2D eigenvalue weighted by atomic mass is 9.88. The van der Waals surface area contributed by atoms with Gasteiger partial charge in [-0.3, -0.25) is 4.79 Å². The molecule has 0 saturated carbocycles. The molecule has 44 heavy (non-hydrogen) atoms. The maximum Gasteiger partial charge on any atom is 0.236 e. The number of aryl methyl sites for hydroxylation is 1. The van der Waals surface area contributed by atoms with Crippen molar-refractivity contribution in [2.45, 2.75) is 46.5 Å². The van der Waals surface area contributed by atoms with Crippen molar-refractivity contribution in [3.8, 4) is 28.1 Å². The highest BCUT2D eigenvalue weighted by Gasteiger charge is 2.15. The second-order valence-electron chi connectivity index (χ2n) is 12.4. The molecule has 1 aromatic heterocycles. The molecule has 0 saturated heterocycles. The molecule has 7 heteroatoms. The van der Waals surface area contributed by atoms with Gasteiger partial charge in [-0.25, -0.2) is 4.98 Å². The Labute approximate surface area is 270 Å². The van der Waals surface area contributed by atoms with E-state index in [-0.39, 0.29) is 6.54 Å². The number of primary amides is 1. The third-order valence-corrected chi connectivity index (χ3v) is 8.09. The van der Waals surface area contributed by atoms with Crippen molar-refractivity contribution in [1.82, 2.24) is 9.55 Å². The Balaban J connectivity index is 1.42. The summed E-state index contributed by atoms with van der Waals surface area (Å²) in [7, 11) is 0. The number of rotatable bonds is 11. The number of anilines is 1. The molecule has 4 aromatic carbocycles. The molecule has 1 heterocycles. The van der Waals surface area contributed by atoms with E-state index < -0.39 is 5.91 Å². The Bertz CT molecular complexity index is 1750. The van der Waals surface area contributed by atoms with Crippen LogP contribution in [0.1, 0.15) is 50.6 Å². The lowest BCUT2D eigenvalue weighted by Crippen LogP contribution is -2.21. The predicted molar refractivity (Wildman–Crippen MR) is 184 cm³/mol. The number of nitrogens with zero attached hydrogens (tertiary/aromatic N) is 2. The second kappa shape index (κ2) is 13.7. The molecule has 0 bridgehead atoms. The molecule has 5 nitrogen and oxygen atoms in total. The minimum Gasteiger partial charge on any atom is -0.376 e. The SMILES string of the molecule is CC(C)(C)CCCc1cccc(-c2ccc(Cc3nc(-c4ccc(Cl)cc4Cl)cn3-c3cccc(NCC(N)=O)c3)cc2)c1. The van der Waals surface area contributed by atoms with Crippen LogP contribution in [-0.4, -0.2) is 22.0 Å². The average molecular weight is 626 g/mol. The standard InChI is InChI=1S/C37H38Cl2N4O/c1-37(2,3)18-6-8-25-7-4-9-28(19-25)27-14-12-26(13-15-27)20-36-42-34(32-17-16-29(38)21-33(32)39)24-43(36)31-11-5-10-30(22-31)41-23-35(40)44/h4-5,7,9-17,19,21-22,24,41H,6,8,18,20,23H2,1-3H3,(H2,40,44). The van der Waals surface area contributed by atoms with Crippen molar-refractivity contribution in [3.63, 3.8) is 0 Å². The molecule has 3 N–H and O–H groups in total. The molecular formula is C37H38Cl2N4O. The van der Waals surface area contributed by atoms with Gasteiger partial charge in [0.2, 0.25) is 5.91 Å². The number of benzene rings is 4. The largest absolute Gasteiger partial charge is 0.376 e. The number of nitrogens with one attached hydrogen (secondary N) is 1. The van der Waals surface area contributed by atoms with E-state index in [2.05, 4.69) is 79.2 Å². The number of hydrogen-bond acceptors (Lipinski definition) is 3. The van der Waals surface area contributed by atoms with Crippen molar-refractivity contribution in [2.24, 2.45) is 11.1 Å². The highest BCUT2D eigenvalue weighted by atomic mass is 35.5. The zero-order valence-electron chi connectivity index (χ0n) is 25.4. The number of carbonyl (C=O) groups is 1. The predicted octanol–water partition coefficient (Wildman–Crippen LogP) is 9.37. The molecule has 0 spiro atoms. The van der Waals surface area contributed by atoms with E-state index >= 15 is 0 Å². The molecule has 226 valence electrons. The van der Waals surface area contributed by atoms with Crippen molar-refractivity contribution in [2.75, 3.05) is 11.9 Å². The fourth-order valence-corrected chi connectivity index (χ4v) is 5.78. The van der Waals surface area contributed by atoms with Crippen molar-refractivity contribution in [1.29, 1.82) is 0 Å². The van der Waals surface area contributed by atoms with Crippen molar-refractivity contribution < 1.29 is 4.79 Å². The summed E-state index contributed by atoms with van der Waals surface area (Å²) in [6, 6.07) is 30.8. The van der Waals surface area contributed by atoms with Gasteiger partial charge in [-0.15, -0.1) is 0 Å². The van der Waals surface area contributed by atoms with E-state index in [1.54, 1.807) is 6.07 Å². The molecule has 0 radical (unpaired) electrons. The van der Waals surface area contributed by atoms with E-state index in [1.807, 2.05) is 42.6 Å². The summed E-state index contributed by atoms with van der Waals surface area (Å²) in [6.45, 7) is 6.95. The maximum absolute atomic E-state index is 11.3. The molecule has 1 amide bonds. The lowest BCUT2D eigenvalue weighted by molar-refractivity contribution is -0.116. The number of imidazole rings is 1. The molecule has 0 fully saturated rings. The van der Waals surface area contributed by atoms with Gasteiger partial charge in [0.05, 0.1) is 17.3 Å². The molecule has 5 aromatic rings. The van der Waals surface area contributed by atoms with Crippen LogP contribution in [-0.2, 0) is 17.6 Å². The highest BCUT2D eigenvalue weighted by molar-refractivity contribution is 6.36. The molecular weight excluding hydrogens is 587 g/mol. The zero-order chi connectivity index (χ0) is 31.3. The Morgan fingerprint density at radius 3 is 2.39 bits per heavy atom. The van der Waals surface area contributed by atoms with Crippen LogP contribution in [0.5, 0.6) is 0 Å². The molecule has 0 atom stereocenters. The summed E-state index contributed by atoms with van der Waals surface area (Å²) in [5.41, 5.74) is 13.9. The van der Waals surface area contributed by atoms with Gasteiger partial charge >= 0.3 is 0 Å². The first kappa shape index (κ1) is 31.4. The molecule has 0 unspecified atom stereocenters. The van der Waals surface area contributed by atoms with E-state index in [0.29, 0.717) is 21.9 Å². The molecule has 0 aliphatic rings. The minimum absolute atomic E-state index is 0.0536. The average Bonchev–Trinajstić information content (AvgIpc) is 3.39. The third-order valence-electron chi connectivity index (χ3n) is 7.55. The van der Waals surface area contributed by atoms with Gasteiger partial charge in [-0.1, -0.05) is 98.6 Å². The highest BCUT2D eigenvalue weighted by Crippen LogP contribution is 2.32. The quantitative estimate of drug-likeness (QED) is 0.154. The minimum atomic E-state index is -0.422. The summed E-state index contributed by atoms with van der Waals surface area (Å²) in [5, 5.41) is 4.19. The number of amides is 1. The Morgan fingerprint density at radius 2 is 1.66 bits per heavy atom. The Morgan fingerprint density at radius 1 is 0.886 bits per heavy atom. The maximum atomic E-state index is 11.3. The van der Waals surface area contributed by atoms with Crippen LogP contribution >= 0.6 is 23.2 Å². The van der Waals surface area contributed by atoms with E-state index in [9.17, 15) is 4.79 Å². The summed E-state index contributed by atoms with van der Waals surface area (Å²) in [4.78, 5) is 16.4. The van der Waals surface area contributed by atoms with Crippen LogP contribution in [0.15, 0.2) is 97.2 Å². The Hall–Kier alpha value is -4.06. The number of nitrogens with two attached hydrogens (primary N) is 1. The number of halogens is 2. The molecule has 5 rings (SSSR count). The van der Waals surface area contributed by atoms with Crippen LogP contribution < -0.4 is 11.1 Å². The van der Waals surface area contributed by atoms with Crippen molar-refractivity contribution in [3.05, 3.63) is 124 Å². The van der Waals surface area contributed by atoms with E-state index in [1.165, 1.54) is 29.5 Å². The van der Waals surface area contributed by atoms with Crippen LogP contribution in [0.3, 0.4) is 0 Å². The van der Waals surface area contributed by atoms with Gasteiger partial charge in [-0.2, -0.15) is 0 Å². The van der Waals surface area contributed by atoms with Gasteiger partial charge in [0.25, 0.3) is 0 Å².